The van der Waals surface area contributed by atoms with E-state index in [1.165, 1.54) is 263 Å². The van der Waals surface area contributed by atoms with Gasteiger partial charge in [-0.05, 0) is 44.9 Å². The van der Waals surface area contributed by atoms with Gasteiger partial charge in [0.15, 0.2) is 6.10 Å². The van der Waals surface area contributed by atoms with E-state index in [0.29, 0.717) is 26.1 Å². The molecule has 1 unspecified atom stereocenters. The summed E-state index contributed by atoms with van der Waals surface area (Å²) in [6.45, 7) is 7.90. The Morgan fingerprint density at radius 1 is 0.328 bits per heavy atom. The van der Waals surface area contributed by atoms with Crippen molar-refractivity contribution in [2.24, 2.45) is 0 Å². The van der Waals surface area contributed by atoms with Gasteiger partial charge in [-0.2, -0.15) is 0 Å². The zero-order valence-electron chi connectivity index (χ0n) is 43.8. The number of hydrogen-bond donors (Lipinski definition) is 0. The third-order valence-corrected chi connectivity index (χ3v) is 13.3. The first-order chi connectivity index (χ1) is 31.6. The molecule has 0 saturated heterocycles. The van der Waals surface area contributed by atoms with Gasteiger partial charge in [-0.25, -0.2) is 0 Å². The van der Waals surface area contributed by atoms with Crippen LogP contribution in [0.4, 0.5) is 0 Å². The Balaban J connectivity index is 4.13. The van der Waals surface area contributed by atoms with Gasteiger partial charge in [0.05, 0.1) is 6.61 Å². The van der Waals surface area contributed by atoms with Crippen LogP contribution >= 0.6 is 0 Å². The summed E-state index contributed by atoms with van der Waals surface area (Å²) in [5, 5.41) is 0. The molecule has 0 aromatic carbocycles. The largest absolute Gasteiger partial charge is 0.462 e. The lowest BCUT2D eigenvalue weighted by atomic mass is 10.0. The van der Waals surface area contributed by atoms with Crippen LogP contribution in [0.1, 0.15) is 329 Å². The molecule has 0 spiro atoms. The first-order valence-corrected chi connectivity index (χ1v) is 29.2. The van der Waals surface area contributed by atoms with Crippen molar-refractivity contribution in [3.63, 3.8) is 0 Å². The molecule has 0 bridgehead atoms. The van der Waals surface area contributed by atoms with Crippen molar-refractivity contribution in [1.82, 2.24) is 0 Å². The summed E-state index contributed by atoms with van der Waals surface area (Å²) in [6, 6.07) is 0. The molecule has 0 aromatic rings. The highest BCUT2D eigenvalue weighted by molar-refractivity contribution is 5.70. The van der Waals surface area contributed by atoms with Crippen LogP contribution < -0.4 is 0 Å². The molecule has 0 N–H and O–H groups in total. The molecule has 64 heavy (non-hydrogen) atoms. The second kappa shape index (κ2) is 56.0. The van der Waals surface area contributed by atoms with Crippen molar-refractivity contribution >= 4 is 11.9 Å². The van der Waals surface area contributed by atoms with Gasteiger partial charge in [0.2, 0.25) is 0 Å². The van der Waals surface area contributed by atoms with Crippen molar-refractivity contribution in [3.8, 4) is 0 Å². The zero-order valence-corrected chi connectivity index (χ0v) is 43.8. The summed E-state index contributed by atoms with van der Waals surface area (Å²) in [5.41, 5.74) is 0. The van der Waals surface area contributed by atoms with Crippen LogP contribution in [0.3, 0.4) is 0 Å². The van der Waals surface area contributed by atoms with Crippen LogP contribution in [0.15, 0.2) is 12.2 Å². The number of unbranched alkanes of at least 4 members (excludes halogenated alkanes) is 42. The number of hydrogen-bond acceptors (Lipinski definition) is 5. The highest BCUT2D eigenvalue weighted by Crippen LogP contribution is 2.17. The van der Waals surface area contributed by atoms with Crippen molar-refractivity contribution in [3.05, 3.63) is 12.2 Å². The zero-order chi connectivity index (χ0) is 46.3. The van der Waals surface area contributed by atoms with Crippen LogP contribution in [-0.2, 0) is 23.8 Å². The fourth-order valence-electron chi connectivity index (χ4n) is 8.92. The summed E-state index contributed by atoms with van der Waals surface area (Å²) in [4.78, 5) is 25.5. The molecule has 1 atom stereocenters. The molecule has 0 saturated carbocycles. The van der Waals surface area contributed by atoms with Crippen molar-refractivity contribution < 1.29 is 23.8 Å². The lowest BCUT2D eigenvalue weighted by Crippen LogP contribution is -2.30. The number of allylic oxidation sites excluding steroid dienone is 2. The maximum absolute atomic E-state index is 12.8. The van der Waals surface area contributed by atoms with Crippen molar-refractivity contribution in [1.29, 1.82) is 0 Å². The minimum atomic E-state index is -0.527. The number of carbonyl (C=O) groups is 2. The lowest BCUT2D eigenvalue weighted by Gasteiger charge is -2.18. The predicted octanol–water partition coefficient (Wildman–Crippen LogP) is 19.8. The summed E-state index contributed by atoms with van der Waals surface area (Å²) >= 11 is 0. The van der Waals surface area contributed by atoms with Crippen molar-refractivity contribution in [2.75, 3.05) is 19.8 Å². The molecule has 5 nitrogen and oxygen atoms in total. The Kier molecular flexibility index (Phi) is 54.8. The fourth-order valence-corrected chi connectivity index (χ4v) is 8.92. The first kappa shape index (κ1) is 62.6. The van der Waals surface area contributed by atoms with E-state index in [2.05, 4.69) is 32.9 Å². The smallest absolute Gasteiger partial charge is 0.306 e. The van der Waals surface area contributed by atoms with Gasteiger partial charge in [-0.1, -0.05) is 283 Å². The van der Waals surface area contributed by atoms with E-state index in [0.717, 1.165) is 32.1 Å². The number of ether oxygens (including phenoxy) is 3. The van der Waals surface area contributed by atoms with Gasteiger partial charge >= 0.3 is 11.9 Å². The number of carbonyl (C=O) groups excluding carboxylic acids is 2. The predicted molar refractivity (Wildman–Crippen MR) is 279 cm³/mol. The van der Waals surface area contributed by atoms with Gasteiger partial charge in [-0.3, -0.25) is 9.59 Å². The van der Waals surface area contributed by atoms with Crippen LogP contribution in [-0.4, -0.2) is 37.9 Å². The minimum absolute atomic E-state index is 0.0950. The van der Waals surface area contributed by atoms with Gasteiger partial charge in [-0.15, -0.1) is 0 Å². The Labute approximate surface area is 401 Å². The SMILES string of the molecule is CCCCCCCC/C=C\CCCCCCCCCCCCOCC(COC(=O)CCCCCCCCCCCCCCCCCCC)OC(=O)CCCCCCCCCCCCC. The normalized spacial score (nSPS) is 12.1. The molecule has 0 amide bonds. The second-order valence-corrected chi connectivity index (χ2v) is 19.9. The highest BCUT2D eigenvalue weighted by atomic mass is 16.6. The van der Waals surface area contributed by atoms with E-state index in [9.17, 15) is 9.59 Å². The van der Waals surface area contributed by atoms with Crippen LogP contribution in [0.2, 0.25) is 0 Å². The van der Waals surface area contributed by atoms with Gasteiger partial charge < -0.3 is 14.2 Å². The molecule has 0 rings (SSSR count). The summed E-state index contributed by atoms with van der Waals surface area (Å²) < 4.78 is 17.5. The maximum atomic E-state index is 12.8. The average Bonchev–Trinajstić information content (AvgIpc) is 3.30. The number of esters is 2. The first-order valence-electron chi connectivity index (χ1n) is 29.2. The molecule has 5 heteroatoms. The Hall–Kier alpha value is -1.36. The molecule has 0 radical (unpaired) electrons. The third-order valence-electron chi connectivity index (χ3n) is 13.3. The minimum Gasteiger partial charge on any atom is -0.462 e. The lowest BCUT2D eigenvalue weighted by molar-refractivity contribution is -0.163. The second-order valence-electron chi connectivity index (χ2n) is 19.9. The maximum Gasteiger partial charge on any atom is 0.306 e. The Morgan fingerprint density at radius 2 is 0.609 bits per heavy atom. The quantitative estimate of drug-likeness (QED) is 0.0346. The van der Waals surface area contributed by atoms with E-state index >= 15 is 0 Å². The molecule has 0 aliphatic heterocycles. The molecule has 380 valence electrons. The average molecular weight is 904 g/mol. The molecule has 0 aromatic heterocycles. The molecule has 0 aliphatic carbocycles. The molecule has 0 heterocycles. The summed E-state index contributed by atoms with van der Waals surface area (Å²) in [7, 11) is 0. The van der Waals surface area contributed by atoms with Gasteiger partial charge in [0.1, 0.15) is 6.61 Å². The monoisotopic (exact) mass is 903 g/mol. The highest BCUT2D eigenvalue weighted by Gasteiger charge is 2.17. The van der Waals surface area contributed by atoms with Crippen LogP contribution in [0.5, 0.6) is 0 Å². The topological polar surface area (TPSA) is 61.8 Å². The number of rotatable bonds is 55. The van der Waals surface area contributed by atoms with E-state index in [1.54, 1.807) is 0 Å². The Bertz CT molecular complexity index is 932. The van der Waals surface area contributed by atoms with E-state index in [1.807, 2.05) is 0 Å². The summed E-state index contributed by atoms with van der Waals surface area (Å²) in [6.07, 6.45) is 65.2. The van der Waals surface area contributed by atoms with Gasteiger partial charge in [0.25, 0.3) is 0 Å². The van der Waals surface area contributed by atoms with Gasteiger partial charge in [0, 0.05) is 19.4 Å². The van der Waals surface area contributed by atoms with Crippen LogP contribution in [0.25, 0.3) is 0 Å². The van der Waals surface area contributed by atoms with E-state index in [-0.39, 0.29) is 18.5 Å². The molecular formula is C59H114O5. The molecular weight excluding hydrogens is 789 g/mol. The fraction of sp³-hybridized carbons (Fsp3) is 0.932. The third kappa shape index (κ3) is 53.3. The standard InChI is InChI=1S/C59H114O5/c1-4-7-10-13-16-19-22-24-26-28-29-30-32-34-36-39-42-45-48-51-54-62-55-57(64-59(61)53-50-47-44-41-37-21-18-15-12-9-6-3)56-63-58(60)52-49-46-43-40-38-35-33-31-27-25-23-20-17-14-11-8-5-2/h24,26,57H,4-23,25,27-56H2,1-3H3/b26-24-. The Morgan fingerprint density at radius 3 is 0.953 bits per heavy atom. The molecule has 0 fully saturated rings. The summed E-state index contributed by atoms with van der Waals surface area (Å²) in [5.74, 6) is -0.372. The van der Waals surface area contributed by atoms with Crippen LogP contribution in [0, 0.1) is 0 Å². The van der Waals surface area contributed by atoms with E-state index < -0.39 is 6.10 Å². The molecule has 0 aliphatic rings. The van der Waals surface area contributed by atoms with E-state index in [4.69, 9.17) is 14.2 Å². The van der Waals surface area contributed by atoms with Crippen molar-refractivity contribution in [2.45, 2.75) is 335 Å².